The maximum absolute atomic E-state index is 9.41. The van der Waals surface area contributed by atoms with Crippen LogP contribution in [0.15, 0.2) is 43.0 Å². The lowest BCUT2D eigenvalue weighted by molar-refractivity contribution is 0.474. The van der Waals surface area contributed by atoms with E-state index in [1.807, 2.05) is 31.2 Å². The highest BCUT2D eigenvalue weighted by Gasteiger charge is 1.99. The van der Waals surface area contributed by atoms with E-state index in [9.17, 15) is 5.11 Å². The van der Waals surface area contributed by atoms with E-state index in [4.69, 9.17) is 0 Å². The molecule has 0 amide bonds. The van der Waals surface area contributed by atoms with E-state index in [0.717, 1.165) is 11.1 Å². The Balaban J connectivity index is 3.03. The number of aromatic hydroxyl groups is 1. The second-order valence-electron chi connectivity index (χ2n) is 2.54. The predicted molar refractivity (Wildman–Crippen MR) is 52.0 cm³/mol. The minimum absolute atomic E-state index is 0.278. The lowest BCUT2D eigenvalue weighted by atomic mass is 10.1. The fourth-order valence-corrected chi connectivity index (χ4v) is 1.04. The zero-order valence-corrected chi connectivity index (χ0v) is 7.12. The Morgan fingerprint density at radius 1 is 1.42 bits per heavy atom. The molecule has 0 radical (unpaired) electrons. The number of para-hydroxylation sites is 1. The van der Waals surface area contributed by atoms with Crippen LogP contribution in [-0.4, -0.2) is 5.11 Å². The molecule has 1 rings (SSSR count). The third kappa shape index (κ3) is 1.76. The van der Waals surface area contributed by atoms with Gasteiger partial charge in [0.25, 0.3) is 0 Å². The first-order chi connectivity index (χ1) is 5.75. The summed E-state index contributed by atoms with van der Waals surface area (Å²) in [7, 11) is 0. The third-order valence-corrected chi connectivity index (χ3v) is 1.62. The van der Waals surface area contributed by atoms with Crippen LogP contribution in [-0.2, 0) is 0 Å². The molecule has 62 valence electrons. The molecule has 1 N–H and O–H groups in total. The molecule has 0 fully saturated rings. The van der Waals surface area contributed by atoms with Crippen molar-refractivity contribution < 1.29 is 5.11 Å². The Kier molecular flexibility index (Phi) is 2.70. The number of phenols is 1. The van der Waals surface area contributed by atoms with Crippen LogP contribution >= 0.6 is 0 Å². The Morgan fingerprint density at radius 2 is 2.08 bits per heavy atom. The summed E-state index contributed by atoms with van der Waals surface area (Å²) >= 11 is 0. The van der Waals surface area contributed by atoms with E-state index in [2.05, 4.69) is 6.58 Å². The highest BCUT2D eigenvalue weighted by atomic mass is 16.3. The van der Waals surface area contributed by atoms with Gasteiger partial charge in [0.15, 0.2) is 0 Å². The molecule has 0 heterocycles. The minimum atomic E-state index is 0.278. The van der Waals surface area contributed by atoms with Crippen LogP contribution in [0, 0.1) is 0 Å². The molecule has 1 nitrogen and oxygen atoms in total. The van der Waals surface area contributed by atoms with Crippen molar-refractivity contribution in [2.45, 2.75) is 6.92 Å². The summed E-state index contributed by atoms with van der Waals surface area (Å²) in [5.74, 6) is 0.278. The molecule has 0 aliphatic rings. The fourth-order valence-electron chi connectivity index (χ4n) is 1.04. The smallest absolute Gasteiger partial charge is 0.123 e. The van der Waals surface area contributed by atoms with Gasteiger partial charge in [-0.15, -0.1) is 0 Å². The second-order valence-corrected chi connectivity index (χ2v) is 2.54. The highest BCUT2D eigenvalue weighted by molar-refractivity contribution is 5.75. The Morgan fingerprint density at radius 3 is 2.67 bits per heavy atom. The normalized spacial score (nSPS) is 10.4. The van der Waals surface area contributed by atoms with Crippen molar-refractivity contribution in [3.63, 3.8) is 0 Å². The zero-order valence-electron chi connectivity index (χ0n) is 7.12. The summed E-state index contributed by atoms with van der Waals surface area (Å²) in [6.07, 6.45) is 3.77. The summed E-state index contributed by atoms with van der Waals surface area (Å²) in [6, 6.07) is 7.17. The van der Waals surface area contributed by atoms with Crippen LogP contribution in [0.2, 0.25) is 0 Å². The van der Waals surface area contributed by atoms with Crippen molar-refractivity contribution in [2.75, 3.05) is 0 Å². The number of hydrogen-bond donors (Lipinski definition) is 1. The van der Waals surface area contributed by atoms with Crippen LogP contribution in [0.1, 0.15) is 12.5 Å². The fraction of sp³-hybridized carbons (Fsp3) is 0.0909. The van der Waals surface area contributed by atoms with Gasteiger partial charge in [-0.05, 0) is 18.6 Å². The maximum Gasteiger partial charge on any atom is 0.123 e. The average Bonchev–Trinajstić information content (AvgIpc) is 2.05. The molecule has 0 bridgehead atoms. The summed E-state index contributed by atoms with van der Waals surface area (Å²) < 4.78 is 0. The molecule has 12 heavy (non-hydrogen) atoms. The molecular formula is C11H12O. The molecule has 1 heteroatoms. The molecule has 1 aromatic rings. The molecular weight excluding hydrogens is 148 g/mol. The van der Waals surface area contributed by atoms with Crippen LogP contribution < -0.4 is 0 Å². The second kappa shape index (κ2) is 3.77. The van der Waals surface area contributed by atoms with Crippen molar-refractivity contribution in [3.05, 3.63) is 48.6 Å². The highest BCUT2D eigenvalue weighted by Crippen LogP contribution is 2.23. The quantitative estimate of drug-likeness (QED) is 0.659. The first-order valence-electron chi connectivity index (χ1n) is 3.85. The van der Waals surface area contributed by atoms with Crippen LogP contribution in [0.5, 0.6) is 5.75 Å². The molecule has 0 aliphatic carbocycles. The van der Waals surface area contributed by atoms with Gasteiger partial charge in [0.2, 0.25) is 0 Å². The van der Waals surface area contributed by atoms with E-state index in [-0.39, 0.29) is 5.75 Å². The monoisotopic (exact) mass is 160 g/mol. The molecule has 1 aromatic carbocycles. The molecule has 0 unspecified atom stereocenters. The van der Waals surface area contributed by atoms with E-state index in [1.165, 1.54) is 0 Å². The molecule has 0 spiro atoms. The Labute approximate surface area is 72.7 Å². The number of hydrogen-bond acceptors (Lipinski definition) is 1. The van der Waals surface area contributed by atoms with E-state index in [1.54, 1.807) is 12.1 Å². The predicted octanol–water partition coefficient (Wildman–Crippen LogP) is 2.98. The molecule has 0 atom stereocenters. The Bertz CT molecular complexity index is 311. The van der Waals surface area contributed by atoms with Crippen molar-refractivity contribution in [1.82, 2.24) is 0 Å². The van der Waals surface area contributed by atoms with E-state index >= 15 is 0 Å². The lowest BCUT2D eigenvalue weighted by Crippen LogP contribution is -1.78. The molecule has 0 aromatic heterocycles. The standard InChI is InChI=1S/C11H12O/c1-3-6-9(2)10-7-4-5-8-11(10)12/h3-8,12H,2H2,1H3. The van der Waals surface area contributed by atoms with Gasteiger partial charge in [0, 0.05) is 5.56 Å². The van der Waals surface area contributed by atoms with E-state index in [0.29, 0.717) is 0 Å². The topological polar surface area (TPSA) is 20.2 Å². The molecule has 0 saturated carbocycles. The molecule has 0 aliphatic heterocycles. The number of rotatable bonds is 2. The number of benzene rings is 1. The van der Waals surface area contributed by atoms with Gasteiger partial charge < -0.3 is 5.11 Å². The van der Waals surface area contributed by atoms with Gasteiger partial charge >= 0.3 is 0 Å². The van der Waals surface area contributed by atoms with Crippen molar-refractivity contribution >= 4 is 5.57 Å². The van der Waals surface area contributed by atoms with Crippen molar-refractivity contribution in [2.24, 2.45) is 0 Å². The zero-order chi connectivity index (χ0) is 8.97. The maximum atomic E-state index is 9.41. The van der Waals surface area contributed by atoms with Crippen LogP contribution in [0.3, 0.4) is 0 Å². The third-order valence-electron chi connectivity index (χ3n) is 1.62. The summed E-state index contributed by atoms with van der Waals surface area (Å²) in [5.41, 5.74) is 1.62. The van der Waals surface area contributed by atoms with E-state index < -0.39 is 0 Å². The Hall–Kier alpha value is -1.50. The largest absolute Gasteiger partial charge is 0.507 e. The van der Waals surface area contributed by atoms with Crippen molar-refractivity contribution in [3.8, 4) is 5.75 Å². The summed E-state index contributed by atoms with van der Waals surface area (Å²) in [5, 5.41) is 9.41. The van der Waals surface area contributed by atoms with Gasteiger partial charge in [0.05, 0.1) is 0 Å². The number of phenolic OH excluding ortho intramolecular Hbond substituents is 1. The first-order valence-corrected chi connectivity index (χ1v) is 3.85. The van der Waals surface area contributed by atoms with Crippen molar-refractivity contribution in [1.29, 1.82) is 0 Å². The number of allylic oxidation sites excluding steroid dienone is 3. The lowest BCUT2D eigenvalue weighted by Gasteiger charge is -2.02. The minimum Gasteiger partial charge on any atom is -0.507 e. The van der Waals surface area contributed by atoms with Gasteiger partial charge in [-0.25, -0.2) is 0 Å². The van der Waals surface area contributed by atoms with Gasteiger partial charge in [-0.2, -0.15) is 0 Å². The van der Waals surface area contributed by atoms with Gasteiger partial charge in [-0.1, -0.05) is 36.9 Å². The summed E-state index contributed by atoms with van der Waals surface area (Å²) in [6.45, 7) is 5.75. The SMILES string of the molecule is C=C(C=CC)c1ccccc1O. The van der Waals surface area contributed by atoms with Gasteiger partial charge in [0.1, 0.15) is 5.75 Å². The average molecular weight is 160 g/mol. The van der Waals surface area contributed by atoms with Gasteiger partial charge in [-0.3, -0.25) is 0 Å². The van der Waals surface area contributed by atoms with Crippen LogP contribution in [0.25, 0.3) is 5.57 Å². The molecule has 0 saturated heterocycles. The van der Waals surface area contributed by atoms with Crippen LogP contribution in [0.4, 0.5) is 0 Å². The first kappa shape index (κ1) is 8.60. The summed E-state index contributed by atoms with van der Waals surface area (Å²) in [4.78, 5) is 0.